The van der Waals surface area contributed by atoms with E-state index in [1.165, 1.54) is 11.8 Å². The number of aliphatic hydroxyl groups is 2. The second-order valence-electron chi connectivity index (χ2n) is 1.58. The molecule has 1 saturated heterocycles. The molecule has 1 heterocycles. The van der Waals surface area contributed by atoms with E-state index in [-0.39, 0.29) is 6.61 Å². The number of hydrogen-bond acceptors (Lipinski definition) is 4. The van der Waals surface area contributed by atoms with Crippen molar-refractivity contribution >= 4 is 11.8 Å². The van der Waals surface area contributed by atoms with Gasteiger partial charge in [0.25, 0.3) is 0 Å². The van der Waals surface area contributed by atoms with Crippen LogP contribution in [0.15, 0.2) is 0 Å². The number of hydrogen-bond donors (Lipinski definition) is 2. The van der Waals surface area contributed by atoms with E-state index < -0.39 is 11.7 Å². The Hall–Kier alpha value is 0.230. The van der Waals surface area contributed by atoms with Gasteiger partial charge in [-0.2, -0.15) is 0 Å². The molecule has 8 heavy (non-hydrogen) atoms. The molecule has 2 atom stereocenters. The summed E-state index contributed by atoms with van der Waals surface area (Å²) in [4.78, 5) is 0. The zero-order chi connectivity index (χ0) is 5.98. The highest BCUT2D eigenvalue weighted by molar-refractivity contribution is 7.99. The molecule has 0 aliphatic carbocycles. The molecule has 0 aromatic rings. The lowest BCUT2D eigenvalue weighted by atomic mass is 10.7. The van der Waals surface area contributed by atoms with E-state index in [1.807, 2.05) is 0 Å². The number of ether oxygens (including phenoxy) is 1. The van der Waals surface area contributed by atoms with Gasteiger partial charge >= 0.3 is 0 Å². The van der Waals surface area contributed by atoms with Gasteiger partial charge < -0.3 is 14.9 Å². The van der Waals surface area contributed by atoms with Crippen LogP contribution >= 0.6 is 11.8 Å². The third kappa shape index (κ3) is 1.63. The first kappa shape index (κ1) is 6.35. The predicted molar refractivity (Wildman–Crippen MR) is 30.4 cm³/mol. The van der Waals surface area contributed by atoms with Crippen molar-refractivity contribution in [2.45, 2.75) is 11.7 Å². The molecule has 4 heteroatoms. The van der Waals surface area contributed by atoms with Crippen molar-refractivity contribution in [1.29, 1.82) is 0 Å². The van der Waals surface area contributed by atoms with Crippen LogP contribution < -0.4 is 0 Å². The molecular weight excluding hydrogens is 128 g/mol. The van der Waals surface area contributed by atoms with Crippen LogP contribution in [-0.2, 0) is 4.74 Å². The third-order valence-electron chi connectivity index (χ3n) is 0.862. The summed E-state index contributed by atoms with van der Waals surface area (Å²) in [5.74, 6) is 0.473. The maximum absolute atomic E-state index is 8.75. The molecule has 0 radical (unpaired) electrons. The van der Waals surface area contributed by atoms with E-state index in [9.17, 15) is 0 Å². The Balaban J connectivity index is 2.19. The van der Waals surface area contributed by atoms with Crippen LogP contribution in [-0.4, -0.2) is 34.3 Å². The maximum Gasteiger partial charge on any atom is 0.163 e. The summed E-state index contributed by atoms with van der Waals surface area (Å²) in [5.41, 5.74) is -0.446. The summed E-state index contributed by atoms with van der Waals surface area (Å²) >= 11 is 1.31. The van der Waals surface area contributed by atoms with Crippen molar-refractivity contribution < 1.29 is 14.9 Å². The molecule has 0 spiro atoms. The molecule has 1 fully saturated rings. The Morgan fingerprint density at radius 1 is 1.50 bits per heavy atom. The van der Waals surface area contributed by atoms with Gasteiger partial charge in [-0.05, 0) is 0 Å². The molecule has 0 bridgehead atoms. The smallest absolute Gasteiger partial charge is 0.163 e. The van der Waals surface area contributed by atoms with Gasteiger partial charge in [-0.1, -0.05) is 0 Å². The number of thioether (sulfide) groups is 1. The van der Waals surface area contributed by atoms with Crippen LogP contribution in [0.1, 0.15) is 0 Å². The summed E-state index contributed by atoms with van der Waals surface area (Å²) in [7, 11) is 0. The highest BCUT2D eigenvalue weighted by Gasteiger charge is 2.16. The van der Waals surface area contributed by atoms with E-state index in [4.69, 9.17) is 10.2 Å². The molecule has 3 nitrogen and oxygen atoms in total. The van der Waals surface area contributed by atoms with Crippen LogP contribution in [0.4, 0.5) is 0 Å². The van der Waals surface area contributed by atoms with Crippen LogP contribution in [0.25, 0.3) is 0 Å². The first-order valence-electron chi connectivity index (χ1n) is 2.38. The van der Waals surface area contributed by atoms with Crippen molar-refractivity contribution in [3.63, 3.8) is 0 Å². The zero-order valence-corrected chi connectivity index (χ0v) is 5.10. The van der Waals surface area contributed by atoms with Crippen molar-refractivity contribution in [3.05, 3.63) is 0 Å². The fraction of sp³-hybridized carbons (Fsp3) is 1.00. The van der Waals surface area contributed by atoms with Gasteiger partial charge in [0, 0.05) is 5.75 Å². The lowest BCUT2D eigenvalue weighted by molar-refractivity contribution is -0.102. The van der Waals surface area contributed by atoms with Gasteiger partial charge in [-0.3, -0.25) is 0 Å². The van der Waals surface area contributed by atoms with Crippen molar-refractivity contribution in [2.75, 3.05) is 12.4 Å². The Labute approximate surface area is 51.7 Å². The summed E-state index contributed by atoms with van der Waals surface area (Å²) in [5, 5.41) is 17.4. The summed E-state index contributed by atoms with van der Waals surface area (Å²) in [6.07, 6.45) is -0.677. The number of aliphatic hydroxyl groups excluding tert-OH is 2. The molecule has 1 aliphatic heterocycles. The van der Waals surface area contributed by atoms with Gasteiger partial charge in [0.1, 0.15) is 5.44 Å². The molecule has 2 unspecified atom stereocenters. The van der Waals surface area contributed by atoms with Gasteiger partial charge in [0.05, 0.1) is 6.61 Å². The van der Waals surface area contributed by atoms with E-state index in [2.05, 4.69) is 4.74 Å². The highest BCUT2D eigenvalue weighted by atomic mass is 32.2. The maximum atomic E-state index is 8.75. The molecule has 0 aromatic heterocycles. The molecule has 0 saturated carbocycles. The molecule has 2 N–H and O–H groups in total. The molecule has 0 amide bonds. The first-order valence-corrected chi connectivity index (χ1v) is 3.43. The molecule has 1 rings (SSSR count). The molecular formula is C4H8O3S. The Morgan fingerprint density at radius 3 is 2.62 bits per heavy atom. The van der Waals surface area contributed by atoms with Gasteiger partial charge in [0.2, 0.25) is 0 Å². The van der Waals surface area contributed by atoms with Crippen LogP contribution in [0.3, 0.4) is 0 Å². The lowest BCUT2D eigenvalue weighted by Gasteiger charge is -2.20. The van der Waals surface area contributed by atoms with Crippen molar-refractivity contribution in [2.24, 2.45) is 0 Å². The topological polar surface area (TPSA) is 49.7 Å². The normalized spacial score (nSPS) is 39.8. The summed E-state index contributed by atoms with van der Waals surface area (Å²) in [6, 6.07) is 0. The Kier molecular flexibility index (Phi) is 2.13. The molecule has 48 valence electrons. The largest absolute Gasteiger partial charge is 0.380 e. The SMILES string of the molecule is OC1CSC(O)CO1. The van der Waals surface area contributed by atoms with E-state index >= 15 is 0 Å². The first-order chi connectivity index (χ1) is 3.79. The van der Waals surface area contributed by atoms with E-state index in [1.54, 1.807) is 0 Å². The average molecular weight is 136 g/mol. The zero-order valence-electron chi connectivity index (χ0n) is 4.28. The van der Waals surface area contributed by atoms with E-state index in [0.717, 1.165) is 0 Å². The van der Waals surface area contributed by atoms with Gasteiger partial charge in [0.15, 0.2) is 6.29 Å². The van der Waals surface area contributed by atoms with Crippen LogP contribution in [0.2, 0.25) is 0 Å². The van der Waals surface area contributed by atoms with Crippen LogP contribution in [0, 0.1) is 0 Å². The van der Waals surface area contributed by atoms with Crippen molar-refractivity contribution in [1.82, 2.24) is 0 Å². The van der Waals surface area contributed by atoms with Gasteiger partial charge in [-0.25, -0.2) is 0 Å². The fourth-order valence-electron chi connectivity index (χ4n) is 0.483. The van der Waals surface area contributed by atoms with Crippen LogP contribution in [0.5, 0.6) is 0 Å². The third-order valence-corrected chi connectivity index (χ3v) is 1.86. The lowest BCUT2D eigenvalue weighted by Crippen LogP contribution is -2.28. The monoisotopic (exact) mass is 136 g/mol. The van der Waals surface area contributed by atoms with E-state index in [0.29, 0.717) is 5.75 Å². The second-order valence-corrected chi connectivity index (χ2v) is 2.79. The summed E-state index contributed by atoms with van der Waals surface area (Å²) < 4.78 is 4.67. The quantitative estimate of drug-likeness (QED) is 0.466. The molecule has 1 aliphatic rings. The molecule has 0 aromatic carbocycles. The highest BCUT2D eigenvalue weighted by Crippen LogP contribution is 2.16. The fourth-order valence-corrected chi connectivity index (χ4v) is 1.14. The standard InChI is InChI=1S/C4H8O3S/c5-3-2-8-4(6)1-7-3/h3-6H,1-2H2. The summed E-state index contributed by atoms with van der Waals surface area (Å²) in [6.45, 7) is 0.242. The second kappa shape index (κ2) is 2.68. The number of rotatable bonds is 0. The Morgan fingerprint density at radius 2 is 2.25 bits per heavy atom. The predicted octanol–water partition coefficient (Wildman–Crippen LogP) is -0.613. The Bertz CT molecular complexity index is 59.7. The minimum Gasteiger partial charge on any atom is -0.380 e. The minimum atomic E-state index is -0.677. The van der Waals surface area contributed by atoms with Gasteiger partial charge in [-0.15, -0.1) is 11.8 Å². The van der Waals surface area contributed by atoms with Crippen molar-refractivity contribution in [3.8, 4) is 0 Å². The average Bonchev–Trinajstić information content (AvgIpc) is 1.77. The minimum absolute atomic E-state index is 0.242.